The molecule has 0 aliphatic rings. The van der Waals surface area contributed by atoms with E-state index in [1.54, 1.807) is 37.6 Å². The molecule has 1 N–H and O–H groups in total. The van der Waals surface area contributed by atoms with Gasteiger partial charge in [-0.1, -0.05) is 29.8 Å². The van der Waals surface area contributed by atoms with Gasteiger partial charge in [-0.15, -0.1) is 11.8 Å². The maximum Gasteiger partial charge on any atom is 0.250 e. The molecule has 0 aliphatic heterocycles. The second kappa shape index (κ2) is 12.5. The zero-order valence-corrected chi connectivity index (χ0v) is 21.3. The monoisotopic (exact) mass is 591 g/mol. The third kappa shape index (κ3) is 7.39. The van der Waals surface area contributed by atoms with Crippen molar-refractivity contribution in [1.29, 1.82) is 5.26 Å². The number of nitriles is 1. The lowest BCUT2D eigenvalue weighted by Crippen LogP contribution is -2.19. The minimum absolute atomic E-state index is 0.219. The lowest BCUT2D eigenvalue weighted by atomic mass is 10.1. The highest BCUT2D eigenvalue weighted by molar-refractivity contribution is 14.1. The van der Waals surface area contributed by atoms with Gasteiger partial charge in [0.1, 0.15) is 6.61 Å². The number of nitrogens with one attached hydrogen (secondary N) is 1. The second-order valence-electron chi connectivity index (χ2n) is 6.63. The molecule has 0 fully saturated rings. The first-order chi connectivity index (χ1) is 16.0. The molecular formula is C24H19ClIN3O3S. The fraction of sp³-hybridized carbons (Fsp3) is 0.125. The number of ether oxygens (including phenoxy) is 2. The van der Waals surface area contributed by atoms with E-state index in [4.69, 9.17) is 21.1 Å². The number of hydrogen-bond acceptors (Lipinski definition) is 6. The Kier molecular flexibility index (Phi) is 9.42. The van der Waals surface area contributed by atoms with Crippen LogP contribution in [-0.2, 0) is 11.4 Å². The highest BCUT2D eigenvalue weighted by atomic mass is 127. The van der Waals surface area contributed by atoms with Crippen LogP contribution < -0.4 is 14.9 Å². The van der Waals surface area contributed by atoms with Gasteiger partial charge >= 0.3 is 0 Å². The van der Waals surface area contributed by atoms with Crippen LogP contribution in [0.5, 0.6) is 11.5 Å². The van der Waals surface area contributed by atoms with Gasteiger partial charge in [-0.25, -0.2) is 5.43 Å². The number of benzene rings is 3. The third-order valence-corrected chi connectivity index (χ3v) is 6.41. The largest absolute Gasteiger partial charge is 0.493 e. The summed E-state index contributed by atoms with van der Waals surface area (Å²) in [7, 11) is 1.55. The Bertz CT molecular complexity index is 1200. The normalized spacial score (nSPS) is 10.6. The lowest BCUT2D eigenvalue weighted by Gasteiger charge is -2.14. The molecule has 0 saturated carbocycles. The summed E-state index contributed by atoms with van der Waals surface area (Å²) < 4.78 is 12.2. The van der Waals surface area contributed by atoms with Gasteiger partial charge in [-0.2, -0.15) is 10.4 Å². The zero-order valence-electron chi connectivity index (χ0n) is 17.5. The van der Waals surface area contributed by atoms with Gasteiger partial charge in [0.15, 0.2) is 11.5 Å². The molecule has 0 bridgehead atoms. The van der Waals surface area contributed by atoms with Gasteiger partial charge in [0.25, 0.3) is 0 Å². The Balaban J connectivity index is 1.60. The fourth-order valence-corrected chi connectivity index (χ4v) is 4.35. The Morgan fingerprint density at radius 3 is 2.73 bits per heavy atom. The molecule has 0 aliphatic carbocycles. The number of carbonyl (C=O) groups is 1. The van der Waals surface area contributed by atoms with E-state index in [2.05, 4.69) is 39.2 Å². The van der Waals surface area contributed by atoms with Gasteiger partial charge in [-0.05, 0) is 70.6 Å². The molecule has 9 heteroatoms. The van der Waals surface area contributed by atoms with Gasteiger partial charge in [0.05, 0.1) is 34.3 Å². The van der Waals surface area contributed by atoms with Crippen LogP contribution in [0.1, 0.15) is 16.7 Å². The maximum absolute atomic E-state index is 12.0. The van der Waals surface area contributed by atoms with Crippen molar-refractivity contribution in [2.75, 3.05) is 12.9 Å². The Morgan fingerprint density at radius 2 is 2.00 bits per heavy atom. The molecule has 0 aromatic heterocycles. The van der Waals surface area contributed by atoms with Crippen LogP contribution in [0.4, 0.5) is 0 Å². The molecular weight excluding hydrogens is 573 g/mol. The first kappa shape index (κ1) is 24.9. The Morgan fingerprint density at radius 1 is 1.24 bits per heavy atom. The van der Waals surface area contributed by atoms with E-state index in [0.717, 1.165) is 19.6 Å². The smallest absolute Gasteiger partial charge is 0.250 e. The summed E-state index contributed by atoms with van der Waals surface area (Å²) in [5.41, 5.74) is 4.63. The Labute approximate surface area is 215 Å². The number of halogens is 2. The summed E-state index contributed by atoms with van der Waals surface area (Å²) in [4.78, 5) is 13.0. The van der Waals surface area contributed by atoms with Crippen LogP contribution in [-0.4, -0.2) is 25.0 Å². The van der Waals surface area contributed by atoms with Crippen LogP contribution in [0.3, 0.4) is 0 Å². The molecule has 0 unspecified atom stereocenters. The van der Waals surface area contributed by atoms with Crippen molar-refractivity contribution in [2.24, 2.45) is 5.10 Å². The summed E-state index contributed by atoms with van der Waals surface area (Å²) in [6.07, 6.45) is 1.55. The lowest BCUT2D eigenvalue weighted by molar-refractivity contribution is -0.118. The van der Waals surface area contributed by atoms with Gasteiger partial charge < -0.3 is 9.47 Å². The van der Waals surface area contributed by atoms with Gasteiger partial charge in [0, 0.05) is 15.5 Å². The van der Waals surface area contributed by atoms with E-state index >= 15 is 0 Å². The third-order valence-electron chi connectivity index (χ3n) is 4.35. The molecule has 33 heavy (non-hydrogen) atoms. The molecule has 3 aromatic carbocycles. The van der Waals surface area contributed by atoms with E-state index in [-0.39, 0.29) is 18.3 Å². The molecule has 6 nitrogen and oxygen atoms in total. The first-order valence-corrected chi connectivity index (χ1v) is 12.1. The van der Waals surface area contributed by atoms with E-state index in [9.17, 15) is 10.1 Å². The van der Waals surface area contributed by atoms with Crippen molar-refractivity contribution < 1.29 is 14.3 Å². The summed E-state index contributed by atoms with van der Waals surface area (Å²) in [5.74, 6) is 1.12. The van der Waals surface area contributed by atoms with Crippen LogP contribution in [0.15, 0.2) is 70.7 Å². The van der Waals surface area contributed by atoms with Gasteiger partial charge in [0.2, 0.25) is 5.91 Å². The summed E-state index contributed by atoms with van der Waals surface area (Å²) in [6.45, 7) is 0.241. The van der Waals surface area contributed by atoms with Crippen molar-refractivity contribution in [3.63, 3.8) is 0 Å². The summed E-state index contributed by atoms with van der Waals surface area (Å²) in [5, 5.41) is 13.9. The standard InChI is InChI=1S/C24H19ClIN3O3S/c1-31-22-11-16(13-28-29-23(30)15-33-20-8-6-19(25)7-9-20)10-21(26)24(22)32-14-18-5-3-2-4-17(18)12-27/h2-11,13H,14-15H2,1H3,(H,29,30)/b28-13-. The highest BCUT2D eigenvalue weighted by Gasteiger charge is 2.12. The topological polar surface area (TPSA) is 83.7 Å². The van der Waals surface area contributed by atoms with Gasteiger partial charge in [-0.3, -0.25) is 4.79 Å². The number of rotatable bonds is 9. The number of hydrazone groups is 1. The van der Waals surface area contributed by atoms with Crippen LogP contribution in [0, 0.1) is 14.9 Å². The average molecular weight is 592 g/mol. The molecule has 1 amide bonds. The van der Waals surface area contributed by atoms with E-state index in [1.165, 1.54) is 11.8 Å². The second-order valence-corrected chi connectivity index (χ2v) is 9.27. The minimum Gasteiger partial charge on any atom is -0.493 e. The maximum atomic E-state index is 12.0. The van der Waals surface area contributed by atoms with Crippen LogP contribution in [0.25, 0.3) is 0 Å². The van der Waals surface area contributed by atoms with Crippen molar-refractivity contribution in [1.82, 2.24) is 5.43 Å². The zero-order chi connectivity index (χ0) is 23.6. The fourth-order valence-electron chi connectivity index (χ4n) is 2.75. The van der Waals surface area contributed by atoms with Crippen molar-refractivity contribution in [2.45, 2.75) is 11.5 Å². The number of amides is 1. The molecule has 0 saturated heterocycles. The van der Waals surface area contributed by atoms with Crippen LogP contribution >= 0.6 is 46.0 Å². The number of thioether (sulfide) groups is 1. The van der Waals surface area contributed by atoms with E-state index < -0.39 is 0 Å². The molecule has 0 radical (unpaired) electrons. The number of carbonyl (C=O) groups excluding carboxylic acids is 1. The highest BCUT2D eigenvalue weighted by Crippen LogP contribution is 2.34. The first-order valence-electron chi connectivity index (χ1n) is 9.68. The molecule has 3 rings (SSSR count). The average Bonchev–Trinajstić information content (AvgIpc) is 2.83. The van der Waals surface area contributed by atoms with Crippen molar-refractivity contribution in [3.8, 4) is 17.6 Å². The number of methoxy groups -OCH3 is 1. The quantitative estimate of drug-likeness (QED) is 0.151. The SMILES string of the molecule is COc1cc(/C=N\NC(=O)CSc2ccc(Cl)cc2)cc(I)c1OCc1ccccc1C#N. The molecule has 0 spiro atoms. The minimum atomic E-state index is -0.219. The number of nitrogens with zero attached hydrogens (tertiary/aromatic N) is 2. The number of hydrogen-bond donors (Lipinski definition) is 1. The predicted molar refractivity (Wildman–Crippen MR) is 139 cm³/mol. The Hall–Kier alpha value is -2.74. The molecule has 168 valence electrons. The van der Waals surface area contributed by atoms with E-state index in [1.807, 2.05) is 36.4 Å². The van der Waals surface area contributed by atoms with Crippen molar-refractivity contribution >= 4 is 58.1 Å². The molecule has 0 atom stereocenters. The molecule has 0 heterocycles. The van der Waals surface area contributed by atoms with Crippen LogP contribution in [0.2, 0.25) is 5.02 Å². The summed E-state index contributed by atoms with van der Waals surface area (Å²) >= 11 is 9.41. The van der Waals surface area contributed by atoms with E-state index in [0.29, 0.717) is 22.1 Å². The predicted octanol–water partition coefficient (Wildman–Crippen LogP) is 5.65. The molecule has 3 aromatic rings. The summed E-state index contributed by atoms with van der Waals surface area (Å²) in [6, 6.07) is 20.4. The van der Waals surface area contributed by atoms with Crippen molar-refractivity contribution in [3.05, 3.63) is 85.9 Å².